The first-order valence-electron chi connectivity index (χ1n) is 3.34. The molecule has 1 unspecified atom stereocenters. The molecule has 1 rings (SSSR count). The van der Waals surface area contributed by atoms with Crippen molar-refractivity contribution in [2.75, 3.05) is 6.16 Å². The topological polar surface area (TPSA) is 17.1 Å². The van der Waals surface area contributed by atoms with Crippen molar-refractivity contribution in [3.8, 4) is 0 Å². The van der Waals surface area contributed by atoms with Crippen LogP contribution in [-0.2, 0) is 4.57 Å². The molecule has 1 aromatic rings. The summed E-state index contributed by atoms with van der Waals surface area (Å²) >= 11 is 0. The molecule has 0 fully saturated rings. The Morgan fingerprint density at radius 2 is 1.82 bits per heavy atom. The van der Waals surface area contributed by atoms with Gasteiger partial charge in [-0.05, 0) is 19.1 Å². The van der Waals surface area contributed by atoms with E-state index in [1.807, 2.05) is 37.3 Å². The first kappa shape index (κ1) is 10.6. The lowest BCUT2D eigenvalue weighted by Crippen LogP contribution is -3.00. The summed E-state index contributed by atoms with van der Waals surface area (Å²) in [6, 6.07) is 9.57. The molecule has 1 atom stereocenters. The van der Waals surface area contributed by atoms with Gasteiger partial charge in [-0.3, -0.25) is 0 Å². The molecule has 1 aromatic carbocycles. The van der Waals surface area contributed by atoms with Crippen molar-refractivity contribution in [3.05, 3.63) is 30.3 Å². The van der Waals surface area contributed by atoms with Crippen molar-refractivity contribution in [2.24, 2.45) is 0 Å². The Kier molecular flexibility index (Phi) is 5.10. The van der Waals surface area contributed by atoms with Crippen LogP contribution in [0.4, 0.5) is 0 Å². The number of benzene rings is 1. The molecule has 0 heterocycles. The summed E-state index contributed by atoms with van der Waals surface area (Å²) in [4.78, 5) is 0. The standard InChI is InChI=1S/C8H10OP.ClH/c1-2-10(9)8-6-4-3-5-7-8;/h3-7H,2H2,1H3;1H/q+1;/p-1. The molecule has 0 saturated heterocycles. The van der Waals surface area contributed by atoms with Gasteiger partial charge in [0.25, 0.3) is 0 Å². The van der Waals surface area contributed by atoms with Gasteiger partial charge in [0, 0.05) is 0 Å². The van der Waals surface area contributed by atoms with Crippen LogP contribution in [0.25, 0.3) is 0 Å². The van der Waals surface area contributed by atoms with Gasteiger partial charge < -0.3 is 12.4 Å². The summed E-state index contributed by atoms with van der Waals surface area (Å²) in [6.07, 6.45) is 0.735. The first-order chi connectivity index (χ1) is 4.84. The molecular formula is C8H10ClOP. The van der Waals surface area contributed by atoms with Gasteiger partial charge >= 0.3 is 7.80 Å². The van der Waals surface area contributed by atoms with E-state index < -0.39 is 7.80 Å². The number of halogens is 1. The highest BCUT2D eigenvalue weighted by Gasteiger charge is 2.13. The molecule has 3 heteroatoms. The van der Waals surface area contributed by atoms with Crippen LogP contribution in [0.1, 0.15) is 6.92 Å². The minimum Gasteiger partial charge on any atom is -1.00 e. The third-order valence-corrected chi connectivity index (χ3v) is 2.78. The fourth-order valence-corrected chi connectivity index (χ4v) is 1.65. The summed E-state index contributed by atoms with van der Waals surface area (Å²) in [5.74, 6) is 0. The predicted octanol–water partition coefficient (Wildman–Crippen LogP) is -0.837. The van der Waals surface area contributed by atoms with Crippen molar-refractivity contribution < 1.29 is 17.0 Å². The summed E-state index contributed by atoms with van der Waals surface area (Å²) in [6.45, 7) is 1.94. The molecule has 0 bridgehead atoms. The smallest absolute Gasteiger partial charge is 0.376 e. The van der Waals surface area contributed by atoms with Crippen molar-refractivity contribution in [2.45, 2.75) is 6.92 Å². The average molecular weight is 189 g/mol. The Morgan fingerprint density at radius 3 is 2.27 bits per heavy atom. The lowest BCUT2D eigenvalue weighted by atomic mass is 10.4. The number of hydrogen-bond acceptors (Lipinski definition) is 1. The van der Waals surface area contributed by atoms with Crippen LogP contribution in [-0.4, -0.2) is 6.16 Å². The Bertz CT molecular complexity index is 223. The zero-order valence-electron chi connectivity index (χ0n) is 6.33. The summed E-state index contributed by atoms with van der Waals surface area (Å²) in [5.41, 5.74) is 0. The van der Waals surface area contributed by atoms with E-state index in [1.165, 1.54) is 0 Å². The molecule has 0 saturated carbocycles. The van der Waals surface area contributed by atoms with E-state index in [0.29, 0.717) is 0 Å². The van der Waals surface area contributed by atoms with Gasteiger partial charge in [0.1, 0.15) is 6.16 Å². The van der Waals surface area contributed by atoms with Crippen LogP contribution < -0.4 is 17.7 Å². The molecule has 0 aliphatic rings. The Balaban J connectivity index is 0.000001000. The van der Waals surface area contributed by atoms with Gasteiger partial charge in [-0.15, -0.1) is 0 Å². The molecule has 0 aromatic heterocycles. The first-order valence-corrected chi connectivity index (χ1v) is 4.79. The van der Waals surface area contributed by atoms with Crippen molar-refractivity contribution >= 4 is 13.1 Å². The molecule has 0 N–H and O–H groups in total. The molecule has 0 amide bonds. The quantitative estimate of drug-likeness (QED) is 0.554. The minimum atomic E-state index is -1.12. The van der Waals surface area contributed by atoms with Crippen molar-refractivity contribution in [3.63, 3.8) is 0 Å². The third-order valence-electron chi connectivity index (χ3n) is 1.33. The maximum absolute atomic E-state index is 11.2. The van der Waals surface area contributed by atoms with Crippen molar-refractivity contribution in [1.29, 1.82) is 0 Å². The van der Waals surface area contributed by atoms with Gasteiger partial charge in [-0.25, -0.2) is 0 Å². The van der Waals surface area contributed by atoms with E-state index >= 15 is 0 Å². The summed E-state index contributed by atoms with van der Waals surface area (Å²) < 4.78 is 11.2. The van der Waals surface area contributed by atoms with Gasteiger partial charge in [-0.2, -0.15) is 0 Å². The van der Waals surface area contributed by atoms with E-state index in [4.69, 9.17) is 0 Å². The van der Waals surface area contributed by atoms with Crippen LogP contribution in [0.3, 0.4) is 0 Å². The van der Waals surface area contributed by atoms with Crippen LogP contribution in [0, 0.1) is 0 Å². The third kappa shape index (κ3) is 3.00. The van der Waals surface area contributed by atoms with Gasteiger partial charge in [0.15, 0.2) is 5.30 Å². The van der Waals surface area contributed by atoms with Gasteiger partial charge in [0.05, 0.1) is 0 Å². The predicted molar refractivity (Wildman–Crippen MR) is 44.2 cm³/mol. The summed E-state index contributed by atoms with van der Waals surface area (Å²) in [7, 11) is -1.12. The largest absolute Gasteiger partial charge is 1.00 e. The van der Waals surface area contributed by atoms with E-state index in [0.717, 1.165) is 11.5 Å². The van der Waals surface area contributed by atoms with Gasteiger partial charge in [0.2, 0.25) is 0 Å². The van der Waals surface area contributed by atoms with E-state index in [2.05, 4.69) is 0 Å². The van der Waals surface area contributed by atoms with Crippen molar-refractivity contribution in [1.82, 2.24) is 0 Å². The molecule has 0 aliphatic carbocycles. The van der Waals surface area contributed by atoms with Crippen LogP contribution in [0.5, 0.6) is 0 Å². The van der Waals surface area contributed by atoms with Crippen LogP contribution >= 0.6 is 7.80 Å². The number of hydrogen-bond donors (Lipinski definition) is 0. The van der Waals surface area contributed by atoms with Crippen LogP contribution in [0.2, 0.25) is 0 Å². The Hall–Kier alpha value is -0.390. The van der Waals surface area contributed by atoms with Gasteiger partial charge in [-0.1, -0.05) is 22.8 Å². The molecule has 60 valence electrons. The van der Waals surface area contributed by atoms with E-state index in [1.54, 1.807) is 0 Å². The van der Waals surface area contributed by atoms with Crippen LogP contribution in [0.15, 0.2) is 30.3 Å². The molecule has 0 aliphatic heterocycles. The minimum absolute atomic E-state index is 0. The maximum Gasteiger partial charge on any atom is 0.376 e. The highest BCUT2D eigenvalue weighted by Crippen LogP contribution is 2.17. The molecule has 11 heavy (non-hydrogen) atoms. The second-order valence-corrected chi connectivity index (χ2v) is 3.94. The normalized spacial score (nSPS) is 10.1. The zero-order chi connectivity index (χ0) is 7.40. The lowest BCUT2D eigenvalue weighted by Gasteiger charge is -1.82. The molecular weight excluding hydrogens is 179 g/mol. The second-order valence-electron chi connectivity index (χ2n) is 2.03. The lowest BCUT2D eigenvalue weighted by molar-refractivity contribution is -0.00000322. The SMILES string of the molecule is CC[P+](=O)c1ccccc1.[Cl-]. The average Bonchev–Trinajstić information content (AvgIpc) is 2.05. The monoisotopic (exact) mass is 188 g/mol. The Morgan fingerprint density at radius 1 is 1.27 bits per heavy atom. The fraction of sp³-hybridized carbons (Fsp3) is 0.250. The van der Waals surface area contributed by atoms with E-state index in [9.17, 15) is 4.57 Å². The highest BCUT2D eigenvalue weighted by atomic mass is 35.5. The summed E-state index contributed by atoms with van der Waals surface area (Å²) in [5, 5.41) is 0.958. The molecule has 0 radical (unpaired) electrons. The zero-order valence-corrected chi connectivity index (χ0v) is 7.98. The molecule has 0 spiro atoms. The van der Waals surface area contributed by atoms with E-state index in [-0.39, 0.29) is 12.4 Å². The maximum atomic E-state index is 11.2. The Labute approximate surface area is 74.0 Å². The number of rotatable bonds is 2. The second kappa shape index (κ2) is 5.29. The highest BCUT2D eigenvalue weighted by molar-refractivity contribution is 7.53. The fourth-order valence-electron chi connectivity index (χ4n) is 0.777. The molecule has 1 nitrogen and oxygen atoms in total.